The van der Waals surface area contributed by atoms with Crippen molar-refractivity contribution in [2.75, 3.05) is 12.8 Å². The predicted molar refractivity (Wildman–Crippen MR) is 69.0 cm³/mol. The Balaban J connectivity index is 2.02. The van der Waals surface area contributed by atoms with E-state index >= 15 is 0 Å². The highest BCUT2D eigenvalue weighted by Gasteiger charge is 2.15. The van der Waals surface area contributed by atoms with Crippen LogP contribution < -0.4 is 5.73 Å². The van der Waals surface area contributed by atoms with Crippen molar-refractivity contribution in [2.24, 2.45) is 0 Å². The first-order chi connectivity index (χ1) is 8.99. The van der Waals surface area contributed by atoms with Gasteiger partial charge in [-0.05, 0) is 13.8 Å². The Hall–Kier alpha value is -2.38. The largest absolute Gasteiger partial charge is 0.396 e. The highest BCUT2D eigenvalue weighted by Crippen LogP contribution is 2.14. The second kappa shape index (κ2) is 5.09. The van der Waals surface area contributed by atoms with Crippen molar-refractivity contribution >= 4 is 11.6 Å². The zero-order valence-electron chi connectivity index (χ0n) is 11.2. The summed E-state index contributed by atoms with van der Waals surface area (Å²) in [7, 11) is 1.71. The smallest absolute Gasteiger partial charge is 0.244 e. The van der Waals surface area contributed by atoms with Gasteiger partial charge < -0.3 is 10.6 Å². The normalized spacial score (nSPS) is 10.7. The summed E-state index contributed by atoms with van der Waals surface area (Å²) in [6, 6.07) is 0. The number of nitrogens with zero attached hydrogens (tertiary/aromatic N) is 5. The number of H-pyrrole nitrogens is 1. The van der Waals surface area contributed by atoms with E-state index in [0.717, 1.165) is 11.4 Å². The minimum Gasteiger partial charge on any atom is -0.396 e. The van der Waals surface area contributed by atoms with E-state index in [0.29, 0.717) is 18.1 Å². The number of hydrogen-bond acceptors (Lipinski definition) is 5. The van der Waals surface area contributed by atoms with Crippen molar-refractivity contribution in [1.29, 1.82) is 0 Å². The molecule has 2 aromatic heterocycles. The summed E-state index contributed by atoms with van der Waals surface area (Å²) < 4.78 is 1.61. The summed E-state index contributed by atoms with van der Waals surface area (Å²) in [6.07, 6.45) is 1.41. The molecule has 0 fully saturated rings. The number of anilines is 1. The Bertz CT molecular complexity index is 572. The minimum atomic E-state index is -0.0676. The summed E-state index contributed by atoms with van der Waals surface area (Å²) in [5.74, 6) is 0.575. The highest BCUT2D eigenvalue weighted by atomic mass is 16.2. The Morgan fingerprint density at radius 1 is 1.53 bits per heavy atom. The molecule has 2 heterocycles. The van der Waals surface area contributed by atoms with Gasteiger partial charge in [-0.25, -0.2) is 4.98 Å². The summed E-state index contributed by atoms with van der Waals surface area (Å²) in [4.78, 5) is 17.6. The Kier molecular flexibility index (Phi) is 3.50. The summed E-state index contributed by atoms with van der Waals surface area (Å²) in [5, 5.41) is 10.7. The monoisotopic (exact) mass is 263 g/mol. The lowest BCUT2D eigenvalue weighted by Crippen LogP contribution is -2.30. The van der Waals surface area contributed by atoms with Gasteiger partial charge in [0, 0.05) is 7.05 Å². The molecule has 0 atom stereocenters. The van der Waals surface area contributed by atoms with E-state index in [1.807, 2.05) is 13.8 Å². The quantitative estimate of drug-likeness (QED) is 0.798. The van der Waals surface area contributed by atoms with Gasteiger partial charge in [0.25, 0.3) is 0 Å². The highest BCUT2D eigenvalue weighted by molar-refractivity contribution is 5.75. The van der Waals surface area contributed by atoms with Crippen LogP contribution in [0.3, 0.4) is 0 Å². The number of aromatic amines is 1. The fraction of sp³-hybridized carbons (Fsp3) is 0.455. The van der Waals surface area contributed by atoms with E-state index in [2.05, 4.69) is 20.3 Å². The molecule has 0 aliphatic carbocycles. The molecule has 1 amide bonds. The second-order valence-electron chi connectivity index (χ2n) is 4.42. The Morgan fingerprint density at radius 3 is 2.79 bits per heavy atom. The minimum absolute atomic E-state index is 0.0676. The molecule has 0 spiro atoms. The van der Waals surface area contributed by atoms with Crippen molar-refractivity contribution in [3.63, 3.8) is 0 Å². The molecule has 0 aliphatic heterocycles. The molecular weight excluding hydrogens is 246 g/mol. The average molecular weight is 263 g/mol. The molecule has 0 radical (unpaired) electrons. The van der Waals surface area contributed by atoms with Gasteiger partial charge in [0.2, 0.25) is 5.91 Å². The summed E-state index contributed by atoms with van der Waals surface area (Å²) in [5.41, 5.74) is 8.01. The zero-order chi connectivity index (χ0) is 14.0. The van der Waals surface area contributed by atoms with Gasteiger partial charge in [0.15, 0.2) is 0 Å². The maximum absolute atomic E-state index is 12.1. The molecule has 0 aliphatic rings. The van der Waals surface area contributed by atoms with Crippen LogP contribution in [0.25, 0.3) is 0 Å². The van der Waals surface area contributed by atoms with E-state index in [1.165, 1.54) is 6.33 Å². The number of likely N-dealkylation sites (N-methyl/N-ethyl adjacent to an activating group) is 1. The Labute approximate surface area is 110 Å². The Morgan fingerprint density at radius 2 is 2.26 bits per heavy atom. The van der Waals surface area contributed by atoms with Gasteiger partial charge in [-0.1, -0.05) is 0 Å². The number of rotatable bonds is 4. The van der Waals surface area contributed by atoms with Crippen molar-refractivity contribution in [3.05, 3.63) is 23.5 Å². The number of amides is 1. The molecule has 0 aromatic carbocycles. The maximum atomic E-state index is 12.1. The van der Waals surface area contributed by atoms with E-state index < -0.39 is 0 Å². The number of carbonyl (C=O) groups is 1. The molecule has 2 aromatic rings. The molecule has 0 saturated carbocycles. The van der Waals surface area contributed by atoms with Crippen LogP contribution >= 0.6 is 0 Å². The van der Waals surface area contributed by atoms with E-state index in [9.17, 15) is 4.79 Å². The van der Waals surface area contributed by atoms with Crippen LogP contribution in [-0.4, -0.2) is 42.8 Å². The van der Waals surface area contributed by atoms with Gasteiger partial charge >= 0.3 is 0 Å². The fourth-order valence-corrected chi connectivity index (χ4v) is 1.73. The molecule has 8 nitrogen and oxygen atoms in total. The first-order valence-corrected chi connectivity index (χ1v) is 5.86. The molecule has 2 rings (SSSR count). The average Bonchev–Trinajstić information content (AvgIpc) is 2.95. The predicted octanol–water partition coefficient (Wildman–Crippen LogP) is -0.141. The number of carbonyl (C=O) groups excluding carboxylic acids is 1. The first-order valence-electron chi connectivity index (χ1n) is 5.86. The standard InChI is InChI=1S/C11H17N7O/c1-7-11(12)8(2)18(16-7)5-10(19)17(3)4-9-13-6-14-15-9/h6H,4-5,12H2,1-3H3,(H,13,14,15). The number of nitrogens with one attached hydrogen (secondary N) is 1. The molecule has 0 unspecified atom stereocenters. The lowest BCUT2D eigenvalue weighted by atomic mass is 10.3. The third kappa shape index (κ3) is 2.72. The molecule has 0 bridgehead atoms. The number of aryl methyl sites for hydroxylation is 1. The van der Waals surface area contributed by atoms with Crippen LogP contribution in [0.5, 0.6) is 0 Å². The molecule has 0 saturated heterocycles. The summed E-state index contributed by atoms with van der Waals surface area (Å²) >= 11 is 0. The number of aromatic nitrogens is 5. The zero-order valence-corrected chi connectivity index (χ0v) is 11.2. The van der Waals surface area contributed by atoms with Gasteiger partial charge in [-0.3, -0.25) is 14.6 Å². The first kappa shape index (κ1) is 13.1. The maximum Gasteiger partial charge on any atom is 0.244 e. The lowest BCUT2D eigenvalue weighted by molar-refractivity contribution is -0.131. The SMILES string of the molecule is Cc1nn(CC(=O)N(C)Cc2ncn[nH]2)c(C)c1N. The van der Waals surface area contributed by atoms with Crippen LogP contribution in [0.15, 0.2) is 6.33 Å². The van der Waals surface area contributed by atoms with Crippen LogP contribution in [-0.2, 0) is 17.9 Å². The molecule has 19 heavy (non-hydrogen) atoms. The third-order valence-electron chi connectivity index (χ3n) is 3.00. The van der Waals surface area contributed by atoms with Crippen molar-refractivity contribution in [2.45, 2.75) is 26.9 Å². The van der Waals surface area contributed by atoms with Gasteiger partial charge in [0.1, 0.15) is 18.7 Å². The molecule has 3 N–H and O–H groups in total. The van der Waals surface area contributed by atoms with E-state index in [1.54, 1.807) is 16.6 Å². The van der Waals surface area contributed by atoms with E-state index in [-0.39, 0.29) is 12.5 Å². The number of hydrogen-bond donors (Lipinski definition) is 2. The number of nitrogen functional groups attached to an aromatic ring is 1. The molecular formula is C11H17N7O. The van der Waals surface area contributed by atoms with Crippen molar-refractivity contribution in [1.82, 2.24) is 29.9 Å². The van der Waals surface area contributed by atoms with Crippen LogP contribution in [0, 0.1) is 13.8 Å². The lowest BCUT2D eigenvalue weighted by Gasteiger charge is -2.16. The van der Waals surface area contributed by atoms with Crippen LogP contribution in [0.2, 0.25) is 0 Å². The topological polar surface area (TPSA) is 106 Å². The van der Waals surface area contributed by atoms with E-state index in [4.69, 9.17) is 5.73 Å². The van der Waals surface area contributed by atoms with Crippen LogP contribution in [0.4, 0.5) is 5.69 Å². The van der Waals surface area contributed by atoms with Crippen molar-refractivity contribution in [3.8, 4) is 0 Å². The van der Waals surface area contributed by atoms with Gasteiger partial charge in [-0.2, -0.15) is 10.2 Å². The molecule has 8 heteroatoms. The second-order valence-corrected chi connectivity index (χ2v) is 4.42. The van der Waals surface area contributed by atoms with Crippen LogP contribution in [0.1, 0.15) is 17.2 Å². The number of nitrogens with two attached hydrogens (primary N) is 1. The van der Waals surface area contributed by atoms with Gasteiger partial charge in [0.05, 0.1) is 23.6 Å². The molecule has 102 valence electrons. The van der Waals surface area contributed by atoms with Crippen molar-refractivity contribution < 1.29 is 4.79 Å². The fourth-order valence-electron chi connectivity index (χ4n) is 1.73. The summed E-state index contributed by atoms with van der Waals surface area (Å²) in [6.45, 7) is 4.21. The third-order valence-corrected chi connectivity index (χ3v) is 3.00. The van der Waals surface area contributed by atoms with Gasteiger partial charge in [-0.15, -0.1) is 0 Å².